The molecule has 2 heterocycles. The molecule has 3 rings (SSSR count). The number of ketones is 1. The van der Waals surface area contributed by atoms with Gasteiger partial charge in [-0.05, 0) is 42.4 Å². The molecule has 9 heteroatoms. The molecule has 0 spiro atoms. The van der Waals surface area contributed by atoms with Crippen molar-refractivity contribution in [1.29, 1.82) is 5.26 Å². The quantitative estimate of drug-likeness (QED) is 0.227. The molecular weight excluding hydrogens is 510 g/mol. The number of anilines is 1. The molecule has 2 N–H and O–H groups in total. The fraction of sp³-hybridized carbons (Fsp3) is 0.500. The van der Waals surface area contributed by atoms with Crippen molar-refractivity contribution >= 4 is 35.0 Å². The summed E-state index contributed by atoms with van der Waals surface area (Å²) >= 11 is 1.49. The van der Waals surface area contributed by atoms with Crippen LogP contribution in [0, 0.1) is 23.8 Å². The second kappa shape index (κ2) is 14.1. The lowest BCUT2D eigenvalue weighted by Gasteiger charge is -2.34. The number of thioether (sulfide) groups is 1. The maximum absolute atomic E-state index is 12.3. The molecule has 1 aliphatic heterocycles. The first-order chi connectivity index (χ1) is 18.7. The molecule has 0 aliphatic carbocycles. The van der Waals surface area contributed by atoms with Crippen molar-refractivity contribution in [1.82, 2.24) is 4.98 Å². The number of Topliss-reactive ketones (excluding diaryl/α,β-unsaturated/α-hetero) is 1. The van der Waals surface area contributed by atoms with Crippen LogP contribution in [0.3, 0.4) is 0 Å². The number of rotatable bonds is 11. The Balaban J connectivity index is 1.77. The van der Waals surface area contributed by atoms with Crippen LogP contribution < -0.4 is 10.6 Å². The van der Waals surface area contributed by atoms with Crippen molar-refractivity contribution in [2.75, 3.05) is 18.0 Å². The van der Waals surface area contributed by atoms with Crippen molar-refractivity contribution in [3.05, 3.63) is 57.9 Å². The number of piperidine rings is 1. The Hall–Kier alpha value is -3.40. The highest BCUT2D eigenvalue weighted by Gasteiger charge is 2.29. The van der Waals surface area contributed by atoms with E-state index in [1.54, 1.807) is 6.92 Å². The molecule has 0 amide bonds. The first-order valence-corrected chi connectivity index (χ1v) is 14.4. The van der Waals surface area contributed by atoms with Crippen molar-refractivity contribution in [2.24, 2.45) is 11.7 Å². The number of nitrogens with zero attached hydrogens (tertiary/aromatic N) is 4. The summed E-state index contributed by atoms with van der Waals surface area (Å²) in [6.07, 6.45) is 2.84. The smallest absolute Gasteiger partial charge is 0.323 e. The van der Waals surface area contributed by atoms with E-state index in [9.17, 15) is 14.9 Å². The average molecular weight is 548 g/mol. The predicted octanol–water partition coefficient (Wildman–Crippen LogP) is 5.38. The number of nitriles is 1. The molecule has 1 fully saturated rings. The van der Waals surface area contributed by atoms with Gasteiger partial charge in [0.1, 0.15) is 34.8 Å². The van der Waals surface area contributed by atoms with E-state index >= 15 is 0 Å². The van der Waals surface area contributed by atoms with Crippen LogP contribution in [0.25, 0.3) is 4.85 Å². The van der Waals surface area contributed by atoms with Gasteiger partial charge in [-0.1, -0.05) is 45.0 Å². The van der Waals surface area contributed by atoms with E-state index in [0.29, 0.717) is 66.6 Å². The number of esters is 1. The summed E-state index contributed by atoms with van der Waals surface area (Å²) in [5.41, 5.74) is 9.75. The highest BCUT2D eigenvalue weighted by Crippen LogP contribution is 2.39. The van der Waals surface area contributed by atoms with Crippen molar-refractivity contribution in [2.45, 2.75) is 82.7 Å². The molecule has 0 radical (unpaired) electrons. The molecule has 39 heavy (non-hydrogen) atoms. The number of benzene rings is 1. The zero-order valence-corrected chi connectivity index (χ0v) is 24.0. The normalized spacial score (nSPS) is 14.5. The SMILES string of the molecule is [C-]#[N+]c1c(N2CCC(OC(=O)[C@@H](N)C(C)C)CC2)nc(SCc2ccc(CCC(C)=O)cc2)c(C#N)c1CC. The number of aryl methyl sites for hydroxylation is 1. The Labute approximate surface area is 235 Å². The molecule has 0 unspecified atom stereocenters. The molecule has 1 aliphatic rings. The van der Waals surface area contributed by atoms with Crippen LogP contribution in [0.5, 0.6) is 0 Å². The monoisotopic (exact) mass is 547 g/mol. The zero-order valence-electron chi connectivity index (χ0n) is 23.2. The van der Waals surface area contributed by atoms with Gasteiger partial charge in [-0.2, -0.15) is 5.26 Å². The molecule has 1 saturated heterocycles. The van der Waals surface area contributed by atoms with Crippen LogP contribution in [0.15, 0.2) is 29.3 Å². The molecule has 206 valence electrons. The van der Waals surface area contributed by atoms with Gasteiger partial charge in [0.05, 0.1) is 12.1 Å². The van der Waals surface area contributed by atoms with E-state index in [1.807, 2.05) is 45.0 Å². The minimum absolute atomic E-state index is 0.00900. The van der Waals surface area contributed by atoms with Gasteiger partial charge < -0.3 is 20.2 Å². The first kappa shape index (κ1) is 30.1. The topological polar surface area (TPSA) is 114 Å². The number of aromatic nitrogens is 1. The van der Waals surface area contributed by atoms with E-state index in [0.717, 1.165) is 23.1 Å². The van der Waals surface area contributed by atoms with Gasteiger partial charge in [-0.15, -0.1) is 11.8 Å². The highest BCUT2D eigenvalue weighted by molar-refractivity contribution is 7.98. The van der Waals surface area contributed by atoms with Crippen molar-refractivity contribution in [3.8, 4) is 6.07 Å². The number of carbonyl (C=O) groups is 2. The molecule has 8 nitrogen and oxygen atoms in total. The number of carbonyl (C=O) groups excluding carboxylic acids is 2. The van der Waals surface area contributed by atoms with E-state index in [4.69, 9.17) is 22.0 Å². The lowest BCUT2D eigenvalue weighted by molar-refractivity contribution is -0.152. The van der Waals surface area contributed by atoms with Crippen LogP contribution in [-0.2, 0) is 32.9 Å². The van der Waals surface area contributed by atoms with Crippen LogP contribution in [0.1, 0.15) is 69.2 Å². The Morgan fingerprint density at radius 2 is 1.90 bits per heavy atom. The predicted molar refractivity (Wildman–Crippen MR) is 154 cm³/mol. The summed E-state index contributed by atoms with van der Waals surface area (Å²) in [6.45, 7) is 16.4. The standard InChI is InChI=1S/C30H37N5O3S/c1-6-24-25(17-31)29(39-18-22-11-9-21(10-12-22)8-7-20(4)36)34-28(27(24)33-5)35-15-13-23(14-16-35)38-30(37)26(32)19(2)3/h9-12,19,23,26H,6-8,13-16,18,32H2,1-4H3/t26-/m0/s1. The Kier molecular flexibility index (Phi) is 10.9. The van der Waals surface area contributed by atoms with Gasteiger partial charge in [0, 0.05) is 38.1 Å². The number of nitrogens with two attached hydrogens (primary N) is 1. The number of pyridine rings is 1. The van der Waals surface area contributed by atoms with Gasteiger partial charge in [-0.3, -0.25) is 4.79 Å². The fourth-order valence-corrected chi connectivity index (χ4v) is 5.42. The average Bonchev–Trinajstić information content (AvgIpc) is 2.94. The van der Waals surface area contributed by atoms with Gasteiger partial charge in [0.2, 0.25) is 5.69 Å². The van der Waals surface area contributed by atoms with E-state index in [1.165, 1.54) is 11.8 Å². The van der Waals surface area contributed by atoms with Crippen LogP contribution >= 0.6 is 11.8 Å². The van der Waals surface area contributed by atoms with Gasteiger partial charge in [-0.25, -0.2) is 9.83 Å². The summed E-state index contributed by atoms with van der Waals surface area (Å²) in [6, 6.07) is 9.81. The largest absolute Gasteiger partial charge is 0.461 e. The summed E-state index contributed by atoms with van der Waals surface area (Å²) < 4.78 is 5.65. The minimum atomic E-state index is -0.639. The van der Waals surface area contributed by atoms with Gasteiger partial charge >= 0.3 is 5.97 Å². The Bertz CT molecular complexity index is 1260. The van der Waals surface area contributed by atoms with Gasteiger partial charge in [0.25, 0.3) is 0 Å². The lowest BCUT2D eigenvalue weighted by atomic mass is 10.0. The lowest BCUT2D eigenvalue weighted by Crippen LogP contribution is -2.43. The fourth-order valence-electron chi connectivity index (χ4n) is 4.46. The third kappa shape index (κ3) is 7.81. The van der Waals surface area contributed by atoms with Crippen molar-refractivity contribution in [3.63, 3.8) is 0 Å². The second-order valence-corrected chi connectivity index (χ2v) is 11.2. The molecule has 2 aromatic rings. The third-order valence-corrected chi connectivity index (χ3v) is 8.02. The summed E-state index contributed by atoms with van der Waals surface area (Å²) in [5.74, 6) is 1.03. The zero-order chi connectivity index (χ0) is 28.5. The molecule has 1 atom stereocenters. The molecular formula is C30H37N5O3S. The molecule has 1 aromatic carbocycles. The maximum atomic E-state index is 12.3. The number of hydrogen-bond donors (Lipinski definition) is 1. The van der Waals surface area contributed by atoms with Crippen LogP contribution in [-0.4, -0.2) is 42.0 Å². The number of hydrogen-bond acceptors (Lipinski definition) is 8. The maximum Gasteiger partial charge on any atom is 0.323 e. The minimum Gasteiger partial charge on any atom is -0.461 e. The van der Waals surface area contributed by atoms with Gasteiger partial charge in [0.15, 0.2) is 0 Å². The van der Waals surface area contributed by atoms with E-state index in [-0.39, 0.29) is 23.8 Å². The van der Waals surface area contributed by atoms with Crippen LogP contribution in [0.2, 0.25) is 0 Å². The molecule has 0 bridgehead atoms. The summed E-state index contributed by atoms with van der Waals surface area (Å²) in [4.78, 5) is 34.3. The Morgan fingerprint density at radius 1 is 1.26 bits per heavy atom. The van der Waals surface area contributed by atoms with E-state index in [2.05, 4.69) is 15.8 Å². The van der Waals surface area contributed by atoms with Crippen molar-refractivity contribution < 1.29 is 14.3 Å². The molecule has 1 aromatic heterocycles. The summed E-state index contributed by atoms with van der Waals surface area (Å²) in [5, 5.41) is 10.6. The first-order valence-electron chi connectivity index (χ1n) is 13.4. The van der Waals surface area contributed by atoms with Crippen LogP contribution in [0.4, 0.5) is 11.5 Å². The Morgan fingerprint density at radius 3 is 2.44 bits per heavy atom. The summed E-state index contributed by atoms with van der Waals surface area (Å²) in [7, 11) is 0. The number of ether oxygens (including phenoxy) is 1. The molecule has 0 saturated carbocycles. The van der Waals surface area contributed by atoms with E-state index < -0.39 is 6.04 Å². The highest BCUT2D eigenvalue weighted by atomic mass is 32.2. The third-order valence-electron chi connectivity index (χ3n) is 6.98. The second-order valence-electron chi connectivity index (χ2n) is 10.2.